The molecule has 1 N–H and O–H groups in total. The summed E-state index contributed by atoms with van der Waals surface area (Å²) in [7, 11) is 0. The van der Waals surface area contributed by atoms with E-state index >= 15 is 0 Å². The van der Waals surface area contributed by atoms with Gasteiger partial charge in [-0.05, 0) is 6.07 Å². The Hall–Kier alpha value is -1.91. The van der Waals surface area contributed by atoms with Crippen LogP contribution >= 0.6 is 0 Å². The third-order valence-electron chi connectivity index (χ3n) is 1.85. The van der Waals surface area contributed by atoms with Gasteiger partial charge in [-0.25, -0.2) is 0 Å². The average Bonchev–Trinajstić information content (AvgIpc) is 2.64. The predicted octanol–water partition coefficient (Wildman–Crippen LogP) is 0.606. The molecule has 5 heteroatoms. The van der Waals surface area contributed by atoms with E-state index in [0.717, 1.165) is 16.6 Å². The van der Waals surface area contributed by atoms with Gasteiger partial charge >= 0.3 is 0 Å². The second-order valence-electron chi connectivity index (χ2n) is 2.61. The number of hydrogen-bond acceptors (Lipinski definition) is 3. The summed E-state index contributed by atoms with van der Waals surface area (Å²) in [5.74, 6) is 0. The molecule has 0 aliphatic carbocycles. The van der Waals surface area contributed by atoms with Gasteiger partial charge in [0, 0.05) is 11.6 Å². The number of fused-ring (bicyclic) bond motifs is 2. The number of aromatic amines is 1. The topological polar surface area (TPSA) is 58.9 Å². The van der Waals surface area contributed by atoms with E-state index in [0.29, 0.717) is 0 Å². The minimum Gasteiger partial charge on any atom is -0.287 e. The molecule has 58 valence electrons. The molecule has 0 saturated carbocycles. The van der Waals surface area contributed by atoms with Crippen molar-refractivity contribution in [3.63, 3.8) is 0 Å². The smallest absolute Gasteiger partial charge is 0.161 e. The molecule has 0 aromatic carbocycles. The Morgan fingerprint density at radius 2 is 2.42 bits per heavy atom. The molecule has 12 heavy (non-hydrogen) atoms. The van der Waals surface area contributed by atoms with Crippen molar-refractivity contribution in [1.29, 1.82) is 0 Å². The molecule has 0 amide bonds. The normalized spacial score (nSPS) is 11.3. The van der Waals surface area contributed by atoms with E-state index in [1.165, 1.54) is 0 Å². The van der Waals surface area contributed by atoms with E-state index in [-0.39, 0.29) is 0 Å². The lowest BCUT2D eigenvalue weighted by Gasteiger charge is -1.90. The van der Waals surface area contributed by atoms with Gasteiger partial charge in [-0.1, -0.05) is 0 Å². The molecule has 0 radical (unpaired) electrons. The highest BCUT2D eigenvalue weighted by molar-refractivity contribution is 5.80. The Kier molecular flexibility index (Phi) is 0.864. The van der Waals surface area contributed by atoms with E-state index in [2.05, 4.69) is 20.4 Å². The first kappa shape index (κ1) is 5.70. The molecule has 5 nitrogen and oxygen atoms in total. The van der Waals surface area contributed by atoms with Crippen LogP contribution < -0.4 is 0 Å². The largest absolute Gasteiger partial charge is 0.287 e. The van der Waals surface area contributed by atoms with Crippen LogP contribution in [0.5, 0.6) is 0 Å². The van der Waals surface area contributed by atoms with E-state index in [1.54, 1.807) is 12.5 Å². The molecule has 3 rings (SSSR count). The van der Waals surface area contributed by atoms with Crippen molar-refractivity contribution in [2.75, 3.05) is 0 Å². The lowest BCUT2D eigenvalue weighted by Crippen LogP contribution is -1.81. The molecule has 0 saturated heterocycles. The van der Waals surface area contributed by atoms with Gasteiger partial charge in [-0.2, -0.15) is 5.10 Å². The summed E-state index contributed by atoms with van der Waals surface area (Å²) in [6.07, 6.45) is 5.34. The Morgan fingerprint density at radius 3 is 3.42 bits per heavy atom. The molecule has 3 aromatic rings. The Morgan fingerprint density at radius 1 is 1.42 bits per heavy atom. The van der Waals surface area contributed by atoms with Crippen LogP contribution in [0.3, 0.4) is 0 Å². The van der Waals surface area contributed by atoms with Crippen molar-refractivity contribution in [3.8, 4) is 0 Å². The van der Waals surface area contributed by atoms with Crippen LogP contribution in [0, 0.1) is 0 Å². The molecule has 3 aromatic heterocycles. The SMILES string of the molecule is c1n[nH]c2cn3cnnc3cc12. The van der Waals surface area contributed by atoms with Crippen LogP contribution in [-0.2, 0) is 0 Å². The molecular weight excluding hydrogens is 154 g/mol. The van der Waals surface area contributed by atoms with Crippen LogP contribution in [0.2, 0.25) is 0 Å². The van der Waals surface area contributed by atoms with Crippen molar-refractivity contribution in [2.45, 2.75) is 0 Å². The van der Waals surface area contributed by atoms with Crippen LogP contribution in [0.4, 0.5) is 0 Å². The average molecular weight is 159 g/mol. The van der Waals surface area contributed by atoms with Crippen LogP contribution in [-0.4, -0.2) is 24.8 Å². The first-order chi connectivity index (χ1) is 5.93. The second kappa shape index (κ2) is 1.82. The molecule has 0 atom stereocenters. The summed E-state index contributed by atoms with van der Waals surface area (Å²) in [6, 6.07) is 1.94. The van der Waals surface area contributed by atoms with Crippen molar-refractivity contribution < 1.29 is 0 Å². The Balaban J connectivity index is 2.62. The van der Waals surface area contributed by atoms with Gasteiger partial charge in [0.1, 0.15) is 6.33 Å². The first-order valence-corrected chi connectivity index (χ1v) is 3.56. The highest BCUT2D eigenvalue weighted by atomic mass is 15.2. The number of pyridine rings is 1. The Labute approximate surface area is 67.0 Å². The maximum absolute atomic E-state index is 3.92. The fourth-order valence-corrected chi connectivity index (χ4v) is 1.26. The molecule has 0 aliphatic rings. The zero-order valence-electron chi connectivity index (χ0n) is 6.10. The van der Waals surface area contributed by atoms with Gasteiger partial charge in [0.25, 0.3) is 0 Å². The summed E-state index contributed by atoms with van der Waals surface area (Å²) in [5.41, 5.74) is 1.83. The van der Waals surface area contributed by atoms with Gasteiger partial charge in [0.05, 0.1) is 11.7 Å². The van der Waals surface area contributed by atoms with Gasteiger partial charge in [-0.15, -0.1) is 10.2 Å². The van der Waals surface area contributed by atoms with E-state index < -0.39 is 0 Å². The lowest BCUT2D eigenvalue weighted by atomic mass is 10.3. The Bertz CT molecular complexity index is 444. The van der Waals surface area contributed by atoms with Crippen LogP contribution in [0.25, 0.3) is 16.6 Å². The zero-order chi connectivity index (χ0) is 7.97. The maximum atomic E-state index is 3.92. The first-order valence-electron chi connectivity index (χ1n) is 3.56. The van der Waals surface area contributed by atoms with E-state index in [1.807, 2.05) is 16.7 Å². The van der Waals surface area contributed by atoms with Crippen molar-refractivity contribution in [2.24, 2.45) is 0 Å². The number of aromatic nitrogens is 5. The lowest BCUT2D eigenvalue weighted by molar-refractivity contribution is 1.09. The molecule has 0 unspecified atom stereocenters. The number of H-pyrrole nitrogens is 1. The minimum absolute atomic E-state index is 0.837. The van der Waals surface area contributed by atoms with Gasteiger partial charge in [0.15, 0.2) is 5.65 Å². The fourth-order valence-electron chi connectivity index (χ4n) is 1.26. The second-order valence-corrected chi connectivity index (χ2v) is 2.61. The van der Waals surface area contributed by atoms with Crippen LogP contribution in [0.15, 0.2) is 24.8 Å². The highest BCUT2D eigenvalue weighted by Crippen LogP contribution is 2.11. The third kappa shape index (κ3) is 0.597. The molecule has 0 bridgehead atoms. The summed E-state index contributed by atoms with van der Waals surface area (Å²) in [5, 5.41) is 15.5. The van der Waals surface area contributed by atoms with Crippen molar-refractivity contribution >= 4 is 16.6 Å². The predicted molar refractivity (Wildman–Crippen MR) is 42.6 cm³/mol. The van der Waals surface area contributed by atoms with Crippen molar-refractivity contribution in [3.05, 3.63) is 24.8 Å². The summed E-state index contributed by atoms with van der Waals surface area (Å²) in [6.45, 7) is 0. The van der Waals surface area contributed by atoms with E-state index in [9.17, 15) is 0 Å². The molecular formula is C7H5N5. The summed E-state index contributed by atoms with van der Waals surface area (Å²) < 4.78 is 1.85. The standard InChI is InChI=1S/C7H5N5/c1-5-2-8-10-6(5)3-12-4-9-11-7(1)12/h1-4,10H. The molecule has 0 spiro atoms. The molecule has 3 heterocycles. The number of nitrogens with zero attached hydrogens (tertiary/aromatic N) is 4. The highest BCUT2D eigenvalue weighted by Gasteiger charge is 1.99. The zero-order valence-corrected chi connectivity index (χ0v) is 6.10. The van der Waals surface area contributed by atoms with E-state index in [4.69, 9.17) is 0 Å². The molecule has 0 aliphatic heterocycles. The summed E-state index contributed by atoms with van der Waals surface area (Å²) >= 11 is 0. The van der Waals surface area contributed by atoms with Crippen LogP contribution in [0.1, 0.15) is 0 Å². The number of rotatable bonds is 0. The maximum Gasteiger partial charge on any atom is 0.161 e. The minimum atomic E-state index is 0.837. The van der Waals surface area contributed by atoms with Gasteiger partial charge < -0.3 is 0 Å². The van der Waals surface area contributed by atoms with Crippen molar-refractivity contribution in [1.82, 2.24) is 24.8 Å². The fraction of sp³-hybridized carbons (Fsp3) is 0. The van der Waals surface area contributed by atoms with Gasteiger partial charge in [-0.3, -0.25) is 9.50 Å². The number of nitrogens with one attached hydrogen (secondary N) is 1. The van der Waals surface area contributed by atoms with Gasteiger partial charge in [0.2, 0.25) is 0 Å². The summed E-state index contributed by atoms with van der Waals surface area (Å²) in [4.78, 5) is 0. The monoisotopic (exact) mass is 159 g/mol. The third-order valence-corrected chi connectivity index (χ3v) is 1.85. The molecule has 0 fully saturated rings. The number of hydrogen-bond donors (Lipinski definition) is 1. The quantitative estimate of drug-likeness (QED) is 0.522.